The highest BCUT2D eigenvalue weighted by molar-refractivity contribution is 14.0. The van der Waals surface area contributed by atoms with Crippen molar-refractivity contribution in [2.75, 3.05) is 27.1 Å². The molecular formula is C27H33IN2O3S. The predicted octanol–water partition coefficient (Wildman–Crippen LogP) is 7.08. The second-order valence-electron chi connectivity index (χ2n) is 7.55. The Morgan fingerprint density at radius 2 is 1.32 bits per heavy atom. The van der Waals surface area contributed by atoms with E-state index < -0.39 is 0 Å². The summed E-state index contributed by atoms with van der Waals surface area (Å²) in [6.07, 6.45) is 0. The molecule has 0 spiro atoms. The zero-order chi connectivity index (χ0) is 23.6. The van der Waals surface area contributed by atoms with Gasteiger partial charge in [-0.2, -0.15) is 0 Å². The van der Waals surface area contributed by atoms with Crippen LogP contribution in [0.2, 0.25) is 0 Å². The summed E-state index contributed by atoms with van der Waals surface area (Å²) in [4.78, 5) is 7.38. The monoisotopic (exact) mass is 592 g/mol. The summed E-state index contributed by atoms with van der Waals surface area (Å²) in [7, 11) is 5.05. The SMILES string of the molecule is CCSC(=Nc1cc(C)ccc1OC)N(Cc1ccc(OC)cc1)Cc1ccc(OC)cc1.I. The Labute approximate surface area is 224 Å². The number of rotatable bonds is 9. The van der Waals surface area contributed by atoms with Gasteiger partial charge in [0.25, 0.3) is 0 Å². The van der Waals surface area contributed by atoms with E-state index in [1.807, 2.05) is 36.4 Å². The van der Waals surface area contributed by atoms with E-state index in [0.717, 1.165) is 52.5 Å². The molecule has 3 aromatic carbocycles. The zero-order valence-electron chi connectivity index (χ0n) is 20.4. The minimum atomic E-state index is 0. The number of thioether (sulfide) groups is 1. The number of hydrogen-bond donors (Lipinski definition) is 0. The van der Waals surface area contributed by atoms with Gasteiger partial charge >= 0.3 is 0 Å². The zero-order valence-corrected chi connectivity index (χ0v) is 23.6. The highest BCUT2D eigenvalue weighted by Gasteiger charge is 2.15. The Hall–Kier alpha value is -2.39. The quantitative estimate of drug-likeness (QED) is 0.151. The van der Waals surface area contributed by atoms with Crippen molar-refractivity contribution in [3.8, 4) is 17.2 Å². The molecule has 0 aromatic heterocycles. The van der Waals surface area contributed by atoms with Gasteiger partial charge in [-0.15, -0.1) is 24.0 Å². The van der Waals surface area contributed by atoms with Crippen LogP contribution in [0.4, 0.5) is 5.69 Å². The number of hydrogen-bond acceptors (Lipinski definition) is 5. The molecule has 0 unspecified atom stereocenters. The smallest absolute Gasteiger partial charge is 0.165 e. The van der Waals surface area contributed by atoms with E-state index >= 15 is 0 Å². The van der Waals surface area contributed by atoms with Gasteiger partial charge in [-0.05, 0) is 65.8 Å². The van der Waals surface area contributed by atoms with Gasteiger partial charge in [0.15, 0.2) is 5.17 Å². The second-order valence-corrected chi connectivity index (χ2v) is 8.79. The van der Waals surface area contributed by atoms with Crippen LogP contribution < -0.4 is 14.2 Å². The molecule has 0 aliphatic heterocycles. The van der Waals surface area contributed by atoms with E-state index in [1.165, 1.54) is 11.1 Å². The maximum Gasteiger partial charge on any atom is 0.165 e. The lowest BCUT2D eigenvalue weighted by Gasteiger charge is -2.26. The molecule has 0 fully saturated rings. The van der Waals surface area contributed by atoms with Gasteiger partial charge in [0, 0.05) is 13.1 Å². The molecule has 0 bridgehead atoms. The van der Waals surface area contributed by atoms with Crippen LogP contribution in [0.5, 0.6) is 17.2 Å². The molecule has 0 atom stereocenters. The third-order valence-corrected chi connectivity index (χ3v) is 6.06. The largest absolute Gasteiger partial charge is 0.497 e. The van der Waals surface area contributed by atoms with E-state index in [2.05, 4.69) is 49.1 Å². The Morgan fingerprint density at radius 3 is 1.76 bits per heavy atom. The van der Waals surface area contributed by atoms with Crippen LogP contribution in [-0.4, -0.2) is 37.1 Å². The average Bonchev–Trinajstić information content (AvgIpc) is 2.84. The van der Waals surface area contributed by atoms with Crippen molar-refractivity contribution in [3.63, 3.8) is 0 Å². The Morgan fingerprint density at radius 1 is 0.794 bits per heavy atom. The number of methoxy groups -OCH3 is 3. The van der Waals surface area contributed by atoms with Crippen LogP contribution in [0.25, 0.3) is 0 Å². The number of benzene rings is 3. The van der Waals surface area contributed by atoms with Crippen molar-refractivity contribution >= 4 is 46.6 Å². The van der Waals surface area contributed by atoms with Crippen molar-refractivity contribution in [2.45, 2.75) is 26.9 Å². The molecule has 34 heavy (non-hydrogen) atoms. The van der Waals surface area contributed by atoms with Crippen molar-refractivity contribution in [1.82, 2.24) is 4.90 Å². The van der Waals surface area contributed by atoms with Crippen LogP contribution in [0.15, 0.2) is 71.7 Å². The molecule has 5 nitrogen and oxygen atoms in total. The van der Waals surface area contributed by atoms with Crippen LogP contribution in [0.1, 0.15) is 23.6 Å². The first kappa shape index (κ1) is 27.9. The summed E-state index contributed by atoms with van der Waals surface area (Å²) >= 11 is 1.73. The van der Waals surface area contributed by atoms with Crippen LogP contribution in [-0.2, 0) is 13.1 Å². The molecule has 3 aromatic rings. The highest BCUT2D eigenvalue weighted by atomic mass is 127. The minimum absolute atomic E-state index is 0. The fourth-order valence-electron chi connectivity index (χ4n) is 3.41. The van der Waals surface area contributed by atoms with Gasteiger partial charge in [0.05, 0.1) is 21.3 Å². The first-order chi connectivity index (χ1) is 16.1. The molecule has 0 aliphatic rings. The molecule has 3 rings (SSSR count). The first-order valence-electron chi connectivity index (χ1n) is 10.9. The summed E-state index contributed by atoms with van der Waals surface area (Å²) in [5, 5.41) is 0.952. The van der Waals surface area contributed by atoms with Crippen molar-refractivity contribution in [3.05, 3.63) is 83.4 Å². The van der Waals surface area contributed by atoms with Crippen LogP contribution in [0.3, 0.4) is 0 Å². The number of aryl methyl sites for hydroxylation is 1. The molecule has 0 saturated heterocycles. The summed E-state index contributed by atoms with van der Waals surface area (Å²) in [5.41, 5.74) is 4.35. The fraction of sp³-hybridized carbons (Fsp3) is 0.296. The third-order valence-electron chi connectivity index (χ3n) is 5.16. The Bertz CT molecular complexity index is 1010. The van der Waals surface area contributed by atoms with Gasteiger partial charge in [-0.25, -0.2) is 4.99 Å². The molecule has 182 valence electrons. The Balaban J connectivity index is 0.00000408. The fourth-order valence-corrected chi connectivity index (χ4v) is 4.14. The van der Waals surface area contributed by atoms with Gasteiger partial charge in [0.1, 0.15) is 22.9 Å². The van der Waals surface area contributed by atoms with Crippen molar-refractivity contribution < 1.29 is 14.2 Å². The number of aliphatic imine (C=N–C) groups is 1. The lowest BCUT2D eigenvalue weighted by molar-refractivity contribution is 0.404. The van der Waals surface area contributed by atoms with Crippen LogP contribution >= 0.6 is 35.7 Å². The maximum absolute atomic E-state index is 5.58. The van der Waals surface area contributed by atoms with E-state index in [9.17, 15) is 0 Å². The molecule has 0 N–H and O–H groups in total. The molecule has 0 amide bonds. The predicted molar refractivity (Wildman–Crippen MR) is 154 cm³/mol. The topological polar surface area (TPSA) is 43.3 Å². The molecule has 0 heterocycles. The molecule has 0 saturated carbocycles. The Kier molecular flexibility index (Phi) is 11.6. The van der Waals surface area contributed by atoms with E-state index in [1.54, 1.807) is 33.1 Å². The second kappa shape index (κ2) is 14.1. The van der Waals surface area contributed by atoms with E-state index in [-0.39, 0.29) is 24.0 Å². The standard InChI is InChI=1S/C27H32N2O3S.HI/c1-6-33-27(28-25-17-20(2)7-16-26(25)32-5)29(18-21-8-12-23(30-3)13-9-21)19-22-10-14-24(31-4)15-11-22;/h7-17H,6,18-19H2,1-5H3;1H. The summed E-state index contributed by atoms with van der Waals surface area (Å²) in [5.74, 6) is 3.38. The normalized spacial score (nSPS) is 10.9. The molecule has 7 heteroatoms. The number of nitrogens with zero attached hydrogens (tertiary/aromatic N) is 2. The number of amidine groups is 1. The van der Waals surface area contributed by atoms with Crippen LogP contribution in [0, 0.1) is 6.92 Å². The summed E-state index contributed by atoms with van der Waals surface area (Å²) in [6, 6.07) is 22.4. The number of halogens is 1. The maximum atomic E-state index is 5.58. The van der Waals surface area contributed by atoms with Crippen molar-refractivity contribution in [2.24, 2.45) is 4.99 Å². The minimum Gasteiger partial charge on any atom is -0.497 e. The van der Waals surface area contributed by atoms with E-state index in [0.29, 0.717) is 0 Å². The van der Waals surface area contributed by atoms with Gasteiger partial charge in [0.2, 0.25) is 0 Å². The lowest BCUT2D eigenvalue weighted by Crippen LogP contribution is -2.28. The average molecular weight is 593 g/mol. The first-order valence-corrected chi connectivity index (χ1v) is 11.9. The van der Waals surface area contributed by atoms with E-state index in [4.69, 9.17) is 19.2 Å². The molecule has 0 radical (unpaired) electrons. The molecular weight excluding hydrogens is 559 g/mol. The molecule has 0 aliphatic carbocycles. The lowest BCUT2D eigenvalue weighted by atomic mass is 10.1. The third kappa shape index (κ3) is 7.84. The van der Waals surface area contributed by atoms with Gasteiger partial charge in [-0.3, -0.25) is 0 Å². The van der Waals surface area contributed by atoms with Crippen molar-refractivity contribution in [1.29, 1.82) is 0 Å². The summed E-state index contributed by atoms with van der Waals surface area (Å²) in [6.45, 7) is 5.65. The summed E-state index contributed by atoms with van der Waals surface area (Å²) < 4.78 is 16.2. The highest BCUT2D eigenvalue weighted by Crippen LogP contribution is 2.31. The van der Waals surface area contributed by atoms with Gasteiger partial charge < -0.3 is 19.1 Å². The van der Waals surface area contributed by atoms with Gasteiger partial charge in [-0.1, -0.05) is 49.0 Å². The number of ether oxygens (including phenoxy) is 3.